The first-order chi connectivity index (χ1) is 9.39. The van der Waals surface area contributed by atoms with Crippen LogP contribution in [-0.2, 0) is 13.6 Å². The SMILES string of the molecule is CNCc1cn(C)nc1-c1cccc(OC(F)(F)F)c1. The van der Waals surface area contributed by atoms with Crippen molar-refractivity contribution < 1.29 is 17.9 Å². The van der Waals surface area contributed by atoms with Gasteiger partial charge in [0.2, 0.25) is 0 Å². The first-order valence-electron chi connectivity index (χ1n) is 5.92. The number of aryl methyl sites for hydroxylation is 1. The Kier molecular flexibility index (Phi) is 3.99. The minimum absolute atomic E-state index is 0.254. The first-order valence-corrected chi connectivity index (χ1v) is 5.92. The number of ether oxygens (including phenoxy) is 1. The first kappa shape index (κ1) is 14.4. The quantitative estimate of drug-likeness (QED) is 0.938. The zero-order valence-electron chi connectivity index (χ0n) is 11.0. The van der Waals surface area contributed by atoms with Gasteiger partial charge >= 0.3 is 6.36 Å². The molecule has 0 bridgehead atoms. The number of nitrogens with zero attached hydrogens (tertiary/aromatic N) is 2. The number of hydrogen-bond donors (Lipinski definition) is 1. The van der Waals surface area contributed by atoms with Crippen LogP contribution >= 0.6 is 0 Å². The van der Waals surface area contributed by atoms with Gasteiger partial charge in [-0.1, -0.05) is 12.1 Å². The normalized spacial score (nSPS) is 11.7. The van der Waals surface area contributed by atoms with Crippen LogP contribution in [-0.4, -0.2) is 23.2 Å². The van der Waals surface area contributed by atoms with Crippen molar-refractivity contribution in [1.29, 1.82) is 0 Å². The lowest BCUT2D eigenvalue weighted by Gasteiger charge is -2.10. The summed E-state index contributed by atoms with van der Waals surface area (Å²) in [6, 6.07) is 5.80. The fourth-order valence-corrected chi connectivity index (χ4v) is 1.94. The van der Waals surface area contributed by atoms with Crippen LogP contribution in [0.15, 0.2) is 30.5 Å². The van der Waals surface area contributed by atoms with Gasteiger partial charge in [-0.2, -0.15) is 5.10 Å². The molecular formula is C13H14F3N3O. The summed E-state index contributed by atoms with van der Waals surface area (Å²) < 4.78 is 42.2. The van der Waals surface area contributed by atoms with E-state index in [1.54, 1.807) is 24.8 Å². The summed E-state index contributed by atoms with van der Waals surface area (Å²) in [5, 5.41) is 7.27. The molecule has 1 aromatic carbocycles. The maximum absolute atomic E-state index is 12.2. The van der Waals surface area contributed by atoms with E-state index in [0.29, 0.717) is 17.8 Å². The fraction of sp³-hybridized carbons (Fsp3) is 0.308. The van der Waals surface area contributed by atoms with E-state index in [1.807, 2.05) is 6.20 Å². The van der Waals surface area contributed by atoms with E-state index in [1.165, 1.54) is 18.2 Å². The van der Waals surface area contributed by atoms with Crippen molar-refractivity contribution in [1.82, 2.24) is 15.1 Å². The van der Waals surface area contributed by atoms with E-state index >= 15 is 0 Å². The van der Waals surface area contributed by atoms with Crippen LogP contribution in [0.5, 0.6) is 5.75 Å². The Hall–Kier alpha value is -2.02. The highest BCUT2D eigenvalue weighted by molar-refractivity contribution is 5.64. The van der Waals surface area contributed by atoms with Crippen molar-refractivity contribution in [2.45, 2.75) is 12.9 Å². The molecule has 4 nitrogen and oxygen atoms in total. The molecule has 0 radical (unpaired) electrons. The van der Waals surface area contributed by atoms with Crippen LogP contribution in [0.4, 0.5) is 13.2 Å². The van der Waals surface area contributed by atoms with E-state index < -0.39 is 6.36 Å². The molecule has 0 fully saturated rings. The largest absolute Gasteiger partial charge is 0.573 e. The molecule has 1 aromatic heterocycles. The minimum atomic E-state index is -4.70. The average molecular weight is 285 g/mol. The summed E-state index contributed by atoms with van der Waals surface area (Å²) in [6.07, 6.45) is -2.88. The molecule has 108 valence electrons. The summed E-state index contributed by atoms with van der Waals surface area (Å²) in [4.78, 5) is 0. The predicted octanol–water partition coefficient (Wildman–Crippen LogP) is 2.71. The number of hydrogen-bond acceptors (Lipinski definition) is 3. The minimum Gasteiger partial charge on any atom is -0.406 e. The highest BCUT2D eigenvalue weighted by Crippen LogP contribution is 2.28. The molecule has 0 aliphatic rings. The Balaban J connectivity index is 2.35. The summed E-state index contributed by atoms with van der Waals surface area (Å²) in [5.74, 6) is -0.254. The molecule has 0 atom stereocenters. The lowest BCUT2D eigenvalue weighted by molar-refractivity contribution is -0.274. The average Bonchev–Trinajstić information content (AvgIpc) is 2.69. The second-order valence-electron chi connectivity index (χ2n) is 4.28. The zero-order chi connectivity index (χ0) is 14.8. The van der Waals surface area contributed by atoms with Gasteiger partial charge < -0.3 is 10.1 Å². The molecule has 7 heteroatoms. The van der Waals surface area contributed by atoms with Gasteiger partial charge in [-0.25, -0.2) is 0 Å². The standard InChI is InChI=1S/C13H14F3N3O/c1-17-7-10-8-19(2)18-12(10)9-4-3-5-11(6-9)20-13(14,15)16/h3-6,8,17H,7H2,1-2H3. The number of benzene rings is 1. The van der Waals surface area contributed by atoms with Gasteiger partial charge in [-0.15, -0.1) is 13.2 Å². The van der Waals surface area contributed by atoms with Crippen LogP contribution < -0.4 is 10.1 Å². The molecule has 0 saturated heterocycles. The lowest BCUT2D eigenvalue weighted by Crippen LogP contribution is -2.17. The van der Waals surface area contributed by atoms with Gasteiger partial charge in [0, 0.05) is 30.9 Å². The third-order valence-corrected chi connectivity index (χ3v) is 2.61. The van der Waals surface area contributed by atoms with Crippen molar-refractivity contribution in [3.63, 3.8) is 0 Å². The highest BCUT2D eigenvalue weighted by Gasteiger charge is 2.31. The fourth-order valence-electron chi connectivity index (χ4n) is 1.94. The topological polar surface area (TPSA) is 39.1 Å². The van der Waals surface area contributed by atoms with Crippen LogP contribution in [0.1, 0.15) is 5.56 Å². The molecule has 0 saturated carbocycles. The molecule has 2 rings (SSSR count). The molecule has 20 heavy (non-hydrogen) atoms. The van der Waals surface area contributed by atoms with Gasteiger partial charge in [-0.05, 0) is 19.2 Å². The summed E-state index contributed by atoms with van der Waals surface area (Å²) in [6.45, 7) is 0.577. The third-order valence-electron chi connectivity index (χ3n) is 2.61. The number of nitrogens with one attached hydrogen (secondary N) is 1. The van der Waals surface area contributed by atoms with E-state index in [2.05, 4.69) is 15.2 Å². The second kappa shape index (κ2) is 5.54. The van der Waals surface area contributed by atoms with Gasteiger partial charge in [0.1, 0.15) is 5.75 Å². The van der Waals surface area contributed by atoms with Crippen molar-refractivity contribution >= 4 is 0 Å². The van der Waals surface area contributed by atoms with Crippen LogP contribution in [0.25, 0.3) is 11.3 Å². The maximum atomic E-state index is 12.2. The lowest BCUT2D eigenvalue weighted by atomic mass is 10.1. The third kappa shape index (κ3) is 3.51. The van der Waals surface area contributed by atoms with E-state index in [4.69, 9.17) is 0 Å². The van der Waals surface area contributed by atoms with Crippen LogP contribution in [0.2, 0.25) is 0 Å². The molecule has 0 spiro atoms. The van der Waals surface area contributed by atoms with Crippen molar-refractivity contribution in [2.75, 3.05) is 7.05 Å². The number of rotatable bonds is 4. The summed E-state index contributed by atoms with van der Waals surface area (Å²) >= 11 is 0. The van der Waals surface area contributed by atoms with Crippen LogP contribution in [0, 0.1) is 0 Å². The van der Waals surface area contributed by atoms with E-state index in [0.717, 1.165) is 5.56 Å². The monoisotopic (exact) mass is 285 g/mol. The van der Waals surface area contributed by atoms with Gasteiger partial charge in [0.25, 0.3) is 0 Å². The van der Waals surface area contributed by atoms with Crippen molar-refractivity contribution in [3.05, 3.63) is 36.0 Å². The summed E-state index contributed by atoms with van der Waals surface area (Å²) in [5.41, 5.74) is 2.12. The molecule has 2 aromatic rings. The Labute approximate surface area is 114 Å². The van der Waals surface area contributed by atoms with Crippen LogP contribution in [0.3, 0.4) is 0 Å². The molecular weight excluding hydrogens is 271 g/mol. The highest BCUT2D eigenvalue weighted by atomic mass is 19.4. The second-order valence-corrected chi connectivity index (χ2v) is 4.28. The molecule has 0 amide bonds. The van der Waals surface area contributed by atoms with Crippen molar-refractivity contribution in [2.24, 2.45) is 7.05 Å². The predicted molar refractivity (Wildman–Crippen MR) is 68.1 cm³/mol. The van der Waals surface area contributed by atoms with Crippen molar-refractivity contribution in [3.8, 4) is 17.0 Å². The summed E-state index contributed by atoms with van der Waals surface area (Å²) in [7, 11) is 3.55. The Morgan fingerprint density at radius 2 is 2.10 bits per heavy atom. The van der Waals surface area contributed by atoms with Gasteiger partial charge in [0.15, 0.2) is 0 Å². The Morgan fingerprint density at radius 3 is 2.75 bits per heavy atom. The number of alkyl halides is 3. The van der Waals surface area contributed by atoms with Gasteiger partial charge in [0.05, 0.1) is 5.69 Å². The molecule has 0 unspecified atom stereocenters. The Morgan fingerprint density at radius 1 is 1.35 bits per heavy atom. The maximum Gasteiger partial charge on any atom is 0.573 e. The Bertz CT molecular complexity index is 593. The van der Waals surface area contributed by atoms with Gasteiger partial charge in [-0.3, -0.25) is 4.68 Å². The molecule has 0 aliphatic carbocycles. The molecule has 0 aliphatic heterocycles. The molecule has 1 N–H and O–H groups in total. The number of halogens is 3. The molecule has 1 heterocycles. The number of aromatic nitrogens is 2. The van der Waals surface area contributed by atoms with E-state index in [-0.39, 0.29) is 5.75 Å². The van der Waals surface area contributed by atoms with E-state index in [9.17, 15) is 13.2 Å². The smallest absolute Gasteiger partial charge is 0.406 e. The zero-order valence-corrected chi connectivity index (χ0v) is 11.0.